The lowest BCUT2D eigenvalue weighted by molar-refractivity contribution is 0.0620. The Morgan fingerprint density at radius 2 is 2.00 bits per heavy atom. The Kier molecular flexibility index (Phi) is 5.46. The molecule has 0 spiro atoms. The zero-order valence-electron chi connectivity index (χ0n) is 11.6. The van der Waals surface area contributed by atoms with Crippen LogP contribution in [0, 0.1) is 17.6 Å². The second kappa shape index (κ2) is 7.11. The van der Waals surface area contributed by atoms with Crippen molar-refractivity contribution in [1.29, 1.82) is 0 Å². The first-order valence-corrected chi connectivity index (χ1v) is 7.02. The van der Waals surface area contributed by atoms with Crippen molar-refractivity contribution in [3.05, 3.63) is 35.4 Å². The van der Waals surface area contributed by atoms with Crippen LogP contribution in [0.1, 0.15) is 31.4 Å². The van der Waals surface area contributed by atoms with E-state index >= 15 is 0 Å². The van der Waals surface area contributed by atoms with Crippen molar-refractivity contribution in [3.63, 3.8) is 0 Å². The van der Waals surface area contributed by atoms with Crippen molar-refractivity contribution < 1.29 is 18.6 Å². The van der Waals surface area contributed by atoms with Gasteiger partial charge < -0.3 is 15.2 Å². The maximum atomic E-state index is 13.2. The molecule has 112 valence electrons. The van der Waals surface area contributed by atoms with Gasteiger partial charge in [0.2, 0.25) is 0 Å². The lowest BCUT2D eigenvalue weighted by Crippen LogP contribution is -2.37. The van der Waals surface area contributed by atoms with E-state index in [1.807, 2.05) is 6.92 Å². The molecular weight excluding hydrogens is 264 g/mol. The van der Waals surface area contributed by atoms with Crippen molar-refractivity contribution >= 4 is 0 Å². The highest BCUT2D eigenvalue weighted by atomic mass is 19.2. The van der Waals surface area contributed by atoms with Gasteiger partial charge in [0, 0.05) is 19.3 Å². The summed E-state index contributed by atoms with van der Waals surface area (Å²) in [6, 6.07) is 3.28. The smallest absolute Gasteiger partial charge is 0.159 e. The molecule has 0 saturated carbocycles. The molecule has 1 aromatic rings. The minimum atomic E-state index is -0.932. The molecule has 1 aliphatic rings. The van der Waals surface area contributed by atoms with Crippen LogP contribution < -0.4 is 5.32 Å². The first-order valence-electron chi connectivity index (χ1n) is 7.02. The van der Waals surface area contributed by atoms with E-state index < -0.39 is 17.7 Å². The molecule has 0 radical (unpaired) electrons. The Hall–Kier alpha value is -1.04. The second-order valence-corrected chi connectivity index (χ2v) is 5.37. The van der Waals surface area contributed by atoms with Crippen molar-refractivity contribution in [3.8, 4) is 0 Å². The Morgan fingerprint density at radius 1 is 1.30 bits per heavy atom. The van der Waals surface area contributed by atoms with Crippen molar-refractivity contribution in [2.75, 3.05) is 19.8 Å². The minimum Gasteiger partial charge on any atom is -0.387 e. The molecule has 3 nitrogen and oxygen atoms in total. The average molecular weight is 285 g/mol. The van der Waals surface area contributed by atoms with Gasteiger partial charge in [0.1, 0.15) is 0 Å². The number of aliphatic hydroxyl groups excluding tert-OH is 1. The van der Waals surface area contributed by atoms with Gasteiger partial charge in [-0.2, -0.15) is 0 Å². The van der Waals surface area contributed by atoms with Crippen LogP contribution in [0.3, 0.4) is 0 Å². The molecule has 2 atom stereocenters. The summed E-state index contributed by atoms with van der Waals surface area (Å²) in [4.78, 5) is 0. The molecule has 5 heteroatoms. The summed E-state index contributed by atoms with van der Waals surface area (Å²) in [6.07, 6.45) is 1.17. The van der Waals surface area contributed by atoms with Crippen LogP contribution in [-0.2, 0) is 4.74 Å². The molecule has 0 bridgehead atoms. The van der Waals surface area contributed by atoms with Crippen LogP contribution in [0.15, 0.2) is 18.2 Å². The summed E-state index contributed by atoms with van der Waals surface area (Å²) in [5.74, 6) is -1.29. The summed E-state index contributed by atoms with van der Waals surface area (Å²) >= 11 is 0. The van der Waals surface area contributed by atoms with Crippen LogP contribution in [0.2, 0.25) is 0 Å². The summed E-state index contributed by atoms with van der Waals surface area (Å²) < 4.78 is 31.3. The number of rotatable bonds is 5. The average Bonchev–Trinajstić information content (AvgIpc) is 2.48. The van der Waals surface area contributed by atoms with Crippen molar-refractivity contribution in [2.24, 2.45) is 5.92 Å². The Balaban J connectivity index is 1.87. The largest absolute Gasteiger partial charge is 0.387 e. The summed E-state index contributed by atoms with van der Waals surface area (Å²) in [7, 11) is 0. The van der Waals surface area contributed by atoms with Gasteiger partial charge in [0.25, 0.3) is 0 Å². The lowest BCUT2D eigenvalue weighted by Gasteiger charge is -2.26. The zero-order valence-corrected chi connectivity index (χ0v) is 11.6. The third kappa shape index (κ3) is 3.98. The molecule has 0 aromatic heterocycles. The molecule has 1 fully saturated rings. The Morgan fingerprint density at radius 3 is 2.65 bits per heavy atom. The van der Waals surface area contributed by atoms with Gasteiger partial charge in [-0.1, -0.05) is 6.07 Å². The fourth-order valence-corrected chi connectivity index (χ4v) is 2.40. The van der Waals surface area contributed by atoms with Gasteiger partial charge in [-0.15, -0.1) is 0 Å². The molecule has 0 amide bonds. The molecule has 2 unspecified atom stereocenters. The first-order chi connectivity index (χ1) is 9.58. The van der Waals surface area contributed by atoms with E-state index in [1.54, 1.807) is 0 Å². The molecule has 20 heavy (non-hydrogen) atoms. The monoisotopic (exact) mass is 285 g/mol. The number of aliphatic hydroxyl groups is 1. The van der Waals surface area contributed by atoms with E-state index in [1.165, 1.54) is 6.07 Å². The predicted molar refractivity (Wildman–Crippen MR) is 72.3 cm³/mol. The molecule has 0 aliphatic carbocycles. The van der Waals surface area contributed by atoms with Crippen molar-refractivity contribution in [2.45, 2.75) is 31.9 Å². The standard InChI is InChI=1S/C15H21F2NO2/c1-10(18-9-11-4-6-20-7-5-11)15(19)12-2-3-13(16)14(17)8-12/h2-3,8,10-11,15,18-19H,4-7,9H2,1H3. The van der Waals surface area contributed by atoms with Crippen LogP contribution in [0.5, 0.6) is 0 Å². The Bertz CT molecular complexity index is 436. The lowest BCUT2D eigenvalue weighted by atomic mass is 9.98. The third-order valence-electron chi connectivity index (χ3n) is 3.83. The first kappa shape index (κ1) is 15.4. The van der Waals surface area contributed by atoms with Gasteiger partial charge in [-0.05, 0) is 49.9 Å². The maximum Gasteiger partial charge on any atom is 0.159 e. The molecule has 1 aliphatic heterocycles. The van der Waals surface area contributed by atoms with E-state index in [-0.39, 0.29) is 6.04 Å². The number of benzene rings is 1. The number of hydrogen-bond acceptors (Lipinski definition) is 3. The molecular formula is C15H21F2NO2. The zero-order chi connectivity index (χ0) is 14.5. The van der Waals surface area contributed by atoms with E-state index in [2.05, 4.69) is 5.32 Å². The highest BCUT2D eigenvalue weighted by Crippen LogP contribution is 2.20. The van der Waals surface area contributed by atoms with E-state index in [9.17, 15) is 13.9 Å². The maximum absolute atomic E-state index is 13.2. The fourth-order valence-electron chi connectivity index (χ4n) is 2.40. The van der Waals surface area contributed by atoms with E-state index in [0.717, 1.165) is 44.7 Å². The summed E-state index contributed by atoms with van der Waals surface area (Å²) in [6.45, 7) is 4.20. The van der Waals surface area contributed by atoms with E-state index in [0.29, 0.717) is 11.5 Å². The van der Waals surface area contributed by atoms with E-state index in [4.69, 9.17) is 4.74 Å². The third-order valence-corrected chi connectivity index (χ3v) is 3.83. The Labute approximate surface area is 117 Å². The minimum absolute atomic E-state index is 0.220. The number of ether oxygens (including phenoxy) is 1. The normalized spacial score (nSPS) is 19.8. The summed E-state index contributed by atoms with van der Waals surface area (Å²) in [5.41, 5.74) is 0.385. The number of halogens is 2. The summed E-state index contributed by atoms with van der Waals surface area (Å²) in [5, 5.41) is 13.4. The van der Waals surface area contributed by atoms with Crippen LogP contribution in [-0.4, -0.2) is 30.9 Å². The number of nitrogens with one attached hydrogen (secondary N) is 1. The predicted octanol–water partition coefficient (Wildman–Crippen LogP) is 2.40. The van der Waals surface area contributed by atoms with Crippen LogP contribution in [0.25, 0.3) is 0 Å². The van der Waals surface area contributed by atoms with Crippen LogP contribution in [0.4, 0.5) is 8.78 Å². The van der Waals surface area contributed by atoms with Crippen LogP contribution >= 0.6 is 0 Å². The molecule has 1 aromatic carbocycles. The van der Waals surface area contributed by atoms with Crippen molar-refractivity contribution in [1.82, 2.24) is 5.32 Å². The quantitative estimate of drug-likeness (QED) is 0.873. The fraction of sp³-hybridized carbons (Fsp3) is 0.600. The van der Waals surface area contributed by atoms with Gasteiger partial charge in [0.15, 0.2) is 11.6 Å². The molecule has 2 rings (SSSR count). The van der Waals surface area contributed by atoms with Gasteiger partial charge in [-0.3, -0.25) is 0 Å². The number of hydrogen-bond donors (Lipinski definition) is 2. The molecule has 1 saturated heterocycles. The molecule has 1 heterocycles. The van der Waals surface area contributed by atoms with Gasteiger partial charge in [0.05, 0.1) is 6.10 Å². The SMILES string of the molecule is CC(NCC1CCOCC1)C(O)c1ccc(F)c(F)c1. The molecule has 2 N–H and O–H groups in total. The highest BCUT2D eigenvalue weighted by molar-refractivity contribution is 5.21. The highest BCUT2D eigenvalue weighted by Gasteiger charge is 2.20. The second-order valence-electron chi connectivity index (χ2n) is 5.37. The van der Waals surface area contributed by atoms with Gasteiger partial charge >= 0.3 is 0 Å². The topological polar surface area (TPSA) is 41.5 Å². The van der Waals surface area contributed by atoms with Gasteiger partial charge in [-0.25, -0.2) is 8.78 Å².